The van der Waals surface area contributed by atoms with E-state index in [4.69, 9.17) is 17.3 Å². The lowest BCUT2D eigenvalue weighted by Crippen LogP contribution is -2.37. The highest BCUT2D eigenvalue weighted by atomic mass is 79.9. The van der Waals surface area contributed by atoms with E-state index in [1.54, 1.807) is 0 Å². The Labute approximate surface area is 126 Å². The van der Waals surface area contributed by atoms with Crippen molar-refractivity contribution in [3.05, 3.63) is 34.3 Å². The SMILES string of the molecule is NC(=O)CN(Cc1ccc(Br)cc1)C(=O)CCCCl. The van der Waals surface area contributed by atoms with Gasteiger partial charge in [-0.25, -0.2) is 0 Å². The average molecular weight is 348 g/mol. The Morgan fingerprint density at radius 1 is 1.26 bits per heavy atom. The molecule has 1 aromatic carbocycles. The molecule has 0 unspecified atom stereocenters. The summed E-state index contributed by atoms with van der Waals surface area (Å²) in [6.45, 7) is 0.300. The van der Waals surface area contributed by atoms with Crippen molar-refractivity contribution < 1.29 is 9.59 Å². The van der Waals surface area contributed by atoms with E-state index in [2.05, 4.69) is 15.9 Å². The van der Waals surface area contributed by atoms with Gasteiger partial charge in [0.15, 0.2) is 0 Å². The molecular formula is C13H16BrClN2O2. The summed E-state index contributed by atoms with van der Waals surface area (Å²) >= 11 is 8.91. The van der Waals surface area contributed by atoms with Crippen LogP contribution in [0.2, 0.25) is 0 Å². The summed E-state index contributed by atoms with van der Waals surface area (Å²) in [5, 5.41) is 0. The molecule has 0 radical (unpaired) electrons. The van der Waals surface area contributed by atoms with Gasteiger partial charge in [-0.2, -0.15) is 0 Å². The van der Waals surface area contributed by atoms with Crippen LogP contribution in [0.15, 0.2) is 28.7 Å². The zero-order valence-corrected chi connectivity index (χ0v) is 12.8. The monoisotopic (exact) mass is 346 g/mol. The van der Waals surface area contributed by atoms with E-state index >= 15 is 0 Å². The smallest absolute Gasteiger partial charge is 0.237 e. The maximum absolute atomic E-state index is 12.0. The minimum absolute atomic E-state index is 0.0722. The van der Waals surface area contributed by atoms with Crippen LogP contribution in [0.1, 0.15) is 18.4 Å². The van der Waals surface area contributed by atoms with Crippen LogP contribution in [0.3, 0.4) is 0 Å². The lowest BCUT2D eigenvalue weighted by molar-refractivity contribution is -0.135. The second kappa shape index (κ2) is 8.17. The van der Waals surface area contributed by atoms with Gasteiger partial charge in [0.1, 0.15) is 0 Å². The van der Waals surface area contributed by atoms with Crippen molar-refractivity contribution in [2.24, 2.45) is 5.73 Å². The van der Waals surface area contributed by atoms with Crippen LogP contribution in [0, 0.1) is 0 Å². The summed E-state index contributed by atoms with van der Waals surface area (Å²) in [7, 11) is 0. The highest BCUT2D eigenvalue weighted by Crippen LogP contribution is 2.13. The molecule has 4 nitrogen and oxygen atoms in total. The molecule has 0 spiro atoms. The van der Waals surface area contributed by atoms with Gasteiger partial charge >= 0.3 is 0 Å². The third-order valence-corrected chi connectivity index (χ3v) is 3.31. The zero-order valence-electron chi connectivity index (χ0n) is 10.4. The van der Waals surface area contributed by atoms with Crippen LogP contribution >= 0.6 is 27.5 Å². The summed E-state index contributed by atoms with van der Waals surface area (Å²) in [6.07, 6.45) is 0.920. The number of nitrogens with zero attached hydrogens (tertiary/aromatic N) is 1. The van der Waals surface area contributed by atoms with Gasteiger partial charge in [-0.1, -0.05) is 28.1 Å². The van der Waals surface area contributed by atoms with E-state index in [1.807, 2.05) is 24.3 Å². The molecule has 0 bridgehead atoms. The molecule has 0 aliphatic heterocycles. The number of rotatable bonds is 7. The van der Waals surface area contributed by atoms with Crippen LogP contribution < -0.4 is 5.73 Å². The Kier molecular flexibility index (Phi) is 6.87. The molecule has 0 heterocycles. The summed E-state index contributed by atoms with van der Waals surface area (Å²) in [6, 6.07) is 7.57. The summed E-state index contributed by atoms with van der Waals surface area (Å²) in [5.41, 5.74) is 6.12. The minimum Gasteiger partial charge on any atom is -0.368 e. The normalized spacial score (nSPS) is 10.2. The highest BCUT2D eigenvalue weighted by molar-refractivity contribution is 9.10. The van der Waals surface area contributed by atoms with Crippen molar-refractivity contribution in [2.75, 3.05) is 12.4 Å². The van der Waals surface area contributed by atoms with E-state index in [0.717, 1.165) is 10.0 Å². The fourth-order valence-corrected chi connectivity index (χ4v) is 2.00. The number of carbonyl (C=O) groups excluding carboxylic acids is 2. The second-order valence-corrected chi connectivity index (χ2v) is 5.43. The molecule has 19 heavy (non-hydrogen) atoms. The largest absolute Gasteiger partial charge is 0.368 e. The van der Waals surface area contributed by atoms with Crippen molar-refractivity contribution in [3.63, 3.8) is 0 Å². The molecule has 0 atom stereocenters. The van der Waals surface area contributed by atoms with Crippen molar-refractivity contribution >= 4 is 39.3 Å². The van der Waals surface area contributed by atoms with Crippen LogP contribution in [0.25, 0.3) is 0 Å². The lowest BCUT2D eigenvalue weighted by Gasteiger charge is -2.21. The van der Waals surface area contributed by atoms with Gasteiger partial charge in [0.2, 0.25) is 11.8 Å². The van der Waals surface area contributed by atoms with E-state index in [9.17, 15) is 9.59 Å². The van der Waals surface area contributed by atoms with Gasteiger partial charge in [0, 0.05) is 23.3 Å². The Bertz CT molecular complexity index is 437. The van der Waals surface area contributed by atoms with Crippen LogP contribution in [0.4, 0.5) is 0 Å². The van der Waals surface area contributed by atoms with Crippen LogP contribution in [-0.4, -0.2) is 29.1 Å². The quantitative estimate of drug-likeness (QED) is 0.769. The van der Waals surface area contributed by atoms with E-state index in [0.29, 0.717) is 25.3 Å². The average Bonchev–Trinajstić information content (AvgIpc) is 2.37. The minimum atomic E-state index is -0.517. The third kappa shape index (κ3) is 6.07. The first-order valence-corrected chi connectivity index (χ1v) is 7.22. The molecule has 0 saturated carbocycles. The van der Waals surface area contributed by atoms with Gasteiger partial charge in [-0.3, -0.25) is 9.59 Å². The van der Waals surface area contributed by atoms with Crippen molar-refractivity contribution in [1.82, 2.24) is 4.90 Å². The zero-order chi connectivity index (χ0) is 14.3. The van der Waals surface area contributed by atoms with Crippen molar-refractivity contribution in [2.45, 2.75) is 19.4 Å². The van der Waals surface area contributed by atoms with Gasteiger partial charge in [-0.05, 0) is 24.1 Å². The second-order valence-electron chi connectivity index (χ2n) is 4.14. The van der Waals surface area contributed by atoms with Gasteiger partial charge in [-0.15, -0.1) is 11.6 Å². The molecule has 104 valence electrons. The van der Waals surface area contributed by atoms with Gasteiger partial charge in [0.05, 0.1) is 6.54 Å². The number of benzene rings is 1. The Morgan fingerprint density at radius 3 is 2.42 bits per heavy atom. The molecule has 1 aromatic rings. The van der Waals surface area contributed by atoms with Crippen molar-refractivity contribution in [3.8, 4) is 0 Å². The Balaban J connectivity index is 2.70. The molecule has 0 aliphatic rings. The number of nitrogens with two attached hydrogens (primary N) is 1. The highest BCUT2D eigenvalue weighted by Gasteiger charge is 2.15. The number of alkyl halides is 1. The number of halogens is 2. The van der Waals surface area contributed by atoms with Crippen LogP contribution in [0.5, 0.6) is 0 Å². The first-order chi connectivity index (χ1) is 9.02. The van der Waals surface area contributed by atoms with Gasteiger partial charge < -0.3 is 10.6 Å². The molecule has 0 aromatic heterocycles. The topological polar surface area (TPSA) is 63.4 Å². The van der Waals surface area contributed by atoms with E-state index in [1.165, 1.54) is 4.90 Å². The molecule has 2 N–H and O–H groups in total. The number of hydrogen-bond donors (Lipinski definition) is 1. The first kappa shape index (κ1) is 16.0. The number of primary amides is 1. The summed E-state index contributed by atoms with van der Waals surface area (Å²) < 4.78 is 0.964. The van der Waals surface area contributed by atoms with Crippen LogP contribution in [-0.2, 0) is 16.1 Å². The van der Waals surface area contributed by atoms with Gasteiger partial charge in [0.25, 0.3) is 0 Å². The number of amides is 2. The number of carbonyl (C=O) groups is 2. The molecular weight excluding hydrogens is 332 g/mol. The fourth-order valence-electron chi connectivity index (χ4n) is 1.61. The molecule has 6 heteroatoms. The fraction of sp³-hybridized carbons (Fsp3) is 0.385. The first-order valence-electron chi connectivity index (χ1n) is 5.89. The maximum atomic E-state index is 12.0. The number of hydrogen-bond acceptors (Lipinski definition) is 2. The predicted molar refractivity (Wildman–Crippen MR) is 78.7 cm³/mol. The van der Waals surface area contributed by atoms with Crippen molar-refractivity contribution in [1.29, 1.82) is 0 Å². The lowest BCUT2D eigenvalue weighted by atomic mass is 10.2. The standard InChI is InChI=1S/C13H16BrClN2O2/c14-11-5-3-10(4-6-11)8-17(9-12(16)18)13(19)2-1-7-15/h3-6H,1-2,7-9H2,(H2,16,18). The third-order valence-electron chi connectivity index (χ3n) is 2.51. The Morgan fingerprint density at radius 2 is 1.89 bits per heavy atom. The maximum Gasteiger partial charge on any atom is 0.237 e. The van der Waals surface area contributed by atoms with E-state index in [-0.39, 0.29) is 12.5 Å². The predicted octanol–water partition coefficient (Wildman–Crippen LogP) is 2.28. The molecule has 0 aliphatic carbocycles. The molecule has 1 rings (SSSR count). The summed E-state index contributed by atoms with van der Waals surface area (Å²) in [5.74, 6) is -0.201. The molecule has 0 fully saturated rings. The molecule has 2 amide bonds. The van der Waals surface area contributed by atoms with E-state index < -0.39 is 5.91 Å². The summed E-state index contributed by atoms with van der Waals surface area (Å²) in [4.78, 5) is 24.4. The molecule has 0 saturated heterocycles. The Hall–Kier alpha value is -1.07.